The van der Waals surface area contributed by atoms with Gasteiger partial charge in [-0.3, -0.25) is 0 Å². The zero-order chi connectivity index (χ0) is 17.4. The highest BCUT2D eigenvalue weighted by Gasteiger charge is 2.27. The molecule has 0 aliphatic carbocycles. The number of benzene rings is 1. The molecule has 7 heteroatoms. The fourth-order valence-electron chi connectivity index (χ4n) is 3.67. The smallest absolute Gasteiger partial charge is 0.236 e. The summed E-state index contributed by atoms with van der Waals surface area (Å²) in [6.45, 7) is 6.51. The number of aromatic nitrogens is 3. The number of hydrogen-bond donors (Lipinski definition) is 0. The van der Waals surface area contributed by atoms with Crippen LogP contribution in [0.3, 0.4) is 0 Å². The average molecular weight is 360 g/mol. The molecule has 0 radical (unpaired) electrons. The number of morpholine rings is 1. The van der Waals surface area contributed by atoms with Gasteiger partial charge in [0, 0.05) is 25.3 Å². The van der Waals surface area contributed by atoms with Crippen LogP contribution in [0.4, 0.5) is 17.6 Å². The van der Waals surface area contributed by atoms with Gasteiger partial charge in [-0.15, -0.1) is 0 Å². The molecule has 2 aromatic rings. The topological polar surface area (TPSA) is 54.4 Å². The Morgan fingerprint density at radius 2 is 1.76 bits per heavy atom. The molecule has 2 aliphatic heterocycles. The molecule has 25 heavy (non-hydrogen) atoms. The molecule has 0 N–H and O–H groups in total. The predicted molar refractivity (Wildman–Crippen MR) is 98.8 cm³/mol. The number of rotatable bonds is 2. The Balaban J connectivity index is 1.69. The number of aryl methyl sites for hydroxylation is 1. The minimum atomic E-state index is 0.137. The van der Waals surface area contributed by atoms with Crippen molar-refractivity contribution in [1.82, 2.24) is 15.0 Å². The lowest BCUT2D eigenvalue weighted by Gasteiger charge is -2.36. The molecule has 0 spiro atoms. The van der Waals surface area contributed by atoms with Crippen LogP contribution >= 0.6 is 11.6 Å². The number of fused-ring (bicyclic) bond motifs is 1. The number of anilines is 3. The van der Waals surface area contributed by atoms with E-state index in [1.54, 1.807) is 0 Å². The third-order valence-corrected chi connectivity index (χ3v) is 4.81. The van der Waals surface area contributed by atoms with Crippen molar-refractivity contribution in [2.24, 2.45) is 0 Å². The van der Waals surface area contributed by atoms with Gasteiger partial charge in [-0.1, -0.05) is 18.2 Å². The van der Waals surface area contributed by atoms with Crippen LogP contribution < -0.4 is 9.80 Å². The molecule has 0 saturated carbocycles. The van der Waals surface area contributed by atoms with Crippen LogP contribution in [-0.4, -0.2) is 46.8 Å². The van der Waals surface area contributed by atoms with Gasteiger partial charge in [0.2, 0.25) is 17.2 Å². The standard InChI is InChI=1S/C18H22ClN5O/c1-12-10-23(11-13(2)25-12)17-20-16(19)21-18(22-17)24-9-5-7-14-6-3-4-8-15(14)24/h3-4,6,8,12-13H,5,7,9-11H2,1-2H3/t12-,13+. The Morgan fingerprint density at radius 3 is 2.56 bits per heavy atom. The number of nitrogens with zero attached hydrogens (tertiary/aromatic N) is 5. The summed E-state index contributed by atoms with van der Waals surface area (Å²) in [4.78, 5) is 17.8. The van der Waals surface area contributed by atoms with E-state index in [-0.39, 0.29) is 17.5 Å². The van der Waals surface area contributed by atoms with Crippen molar-refractivity contribution in [1.29, 1.82) is 0 Å². The van der Waals surface area contributed by atoms with E-state index in [1.165, 1.54) is 5.56 Å². The molecule has 2 aliphatic rings. The molecule has 3 heterocycles. The van der Waals surface area contributed by atoms with E-state index in [0.29, 0.717) is 11.9 Å². The van der Waals surface area contributed by atoms with Gasteiger partial charge in [0.1, 0.15) is 0 Å². The van der Waals surface area contributed by atoms with Crippen molar-refractivity contribution in [2.45, 2.75) is 38.9 Å². The summed E-state index contributed by atoms with van der Waals surface area (Å²) in [7, 11) is 0. The van der Waals surface area contributed by atoms with E-state index in [4.69, 9.17) is 21.3 Å². The van der Waals surface area contributed by atoms with Crippen LogP contribution in [0.1, 0.15) is 25.8 Å². The normalized spacial score (nSPS) is 23.5. The Labute approximate surface area is 152 Å². The molecule has 0 unspecified atom stereocenters. The maximum Gasteiger partial charge on any atom is 0.236 e. The van der Waals surface area contributed by atoms with Crippen LogP contribution in [0.15, 0.2) is 24.3 Å². The lowest BCUT2D eigenvalue weighted by atomic mass is 10.0. The molecule has 1 aromatic heterocycles. The van der Waals surface area contributed by atoms with Crippen molar-refractivity contribution in [3.63, 3.8) is 0 Å². The van der Waals surface area contributed by atoms with E-state index in [1.807, 2.05) is 6.07 Å². The average Bonchev–Trinajstić information content (AvgIpc) is 2.60. The SMILES string of the molecule is C[C@@H]1CN(c2nc(Cl)nc(N3CCCc4ccccc43)n2)C[C@H](C)O1. The first-order valence-electron chi connectivity index (χ1n) is 8.77. The van der Waals surface area contributed by atoms with Crippen molar-refractivity contribution < 1.29 is 4.74 Å². The summed E-state index contributed by atoms with van der Waals surface area (Å²) in [5.41, 5.74) is 2.48. The van der Waals surface area contributed by atoms with E-state index >= 15 is 0 Å². The third kappa shape index (κ3) is 3.41. The van der Waals surface area contributed by atoms with Crippen LogP contribution in [-0.2, 0) is 11.2 Å². The Bertz CT molecular complexity index is 761. The molecular weight excluding hydrogens is 338 g/mol. The molecule has 4 rings (SSSR count). The Kier molecular flexibility index (Phi) is 4.48. The molecule has 1 fully saturated rings. The molecule has 0 bridgehead atoms. The fourth-order valence-corrected chi connectivity index (χ4v) is 3.83. The lowest BCUT2D eigenvalue weighted by molar-refractivity contribution is -0.00572. The third-order valence-electron chi connectivity index (χ3n) is 4.64. The summed E-state index contributed by atoms with van der Waals surface area (Å²) in [5, 5.41) is 0.231. The monoisotopic (exact) mass is 359 g/mol. The Hall–Kier alpha value is -1.92. The molecule has 132 valence electrons. The number of ether oxygens (including phenoxy) is 1. The van der Waals surface area contributed by atoms with Crippen LogP contribution in [0, 0.1) is 0 Å². The van der Waals surface area contributed by atoms with Gasteiger partial charge in [-0.25, -0.2) is 0 Å². The van der Waals surface area contributed by atoms with Crippen LogP contribution in [0.25, 0.3) is 0 Å². The van der Waals surface area contributed by atoms with E-state index in [2.05, 4.69) is 51.8 Å². The van der Waals surface area contributed by atoms with E-state index in [9.17, 15) is 0 Å². The van der Waals surface area contributed by atoms with Gasteiger partial charge in [-0.05, 0) is 49.9 Å². The second kappa shape index (κ2) is 6.77. The molecule has 2 atom stereocenters. The molecular formula is C18H22ClN5O. The summed E-state index contributed by atoms with van der Waals surface area (Å²) in [6.07, 6.45) is 2.43. The fraction of sp³-hybridized carbons (Fsp3) is 0.500. The number of halogens is 1. The molecule has 1 aromatic carbocycles. The van der Waals surface area contributed by atoms with Gasteiger partial charge in [0.25, 0.3) is 0 Å². The minimum absolute atomic E-state index is 0.137. The predicted octanol–water partition coefficient (Wildman–Crippen LogP) is 3.22. The van der Waals surface area contributed by atoms with Crippen LogP contribution in [0.5, 0.6) is 0 Å². The zero-order valence-electron chi connectivity index (χ0n) is 14.5. The van der Waals surface area contributed by atoms with Crippen molar-refractivity contribution in [3.8, 4) is 0 Å². The van der Waals surface area contributed by atoms with Gasteiger partial charge in [0.15, 0.2) is 0 Å². The molecule has 0 amide bonds. The second-order valence-corrected chi connectivity index (χ2v) is 7.09. The van der Waals surface area contributed by atoms with Crippen LogP contribution in [0.2, 0.25) is 5.28 Å². The summed E-state index contributed by atoms with van der Waals surface area (Å²) in [6, 6.07) is 8.40. The number of para-hydroxylation sites is 1. The highest BCUT2D eigenvalue weighted by molar-refractivity contribution is 6.28. The van der Waals surface area contributed by atoms with Gasteiger partial charge >= 0.3 is 0 Å². The summed E-state index contributed by atoms with van der Waals surface area (Å²) >= 11 is 6.24. The van der Waals surface area contributed by atoms with Gasteiger partial charge in [-0.2, -0.15) is 15.0 Å². The Morgan fingerprint density at radius 1 is 1.04 bits per heavy atom. The first kappa shape index (κ1) is 16.5. The molecule has 6 nitrogen and oxygen atoms in total. The lowest BCUT2D eigenvalue weighted by Crippen LogP contribution is -2.46. The minimum Gasteiger partial charge on any atom is -0.372 e. The number of hydrogen-bond acceptors (Lipinski definition) is 6. The van der Waals surface area contributed by atoms with Gasteiger partial charge in [0.05, 0.1) is 12.2 Å². The summed E-state index contributed by atoms with van der Waals surface area (Å²) < 4.78 is 5.80. The van der Waals surface area contributed by atoms with Crippen molar-refractivity contribution in [3.05, 3.63) is 35.1 Å². The zero-order valence-corrected chi connectivity index (χ0v) is 15.3. The first-order chi connectivity index (χ1) is 12.1. The summed E-state index contributed by atoms with van der Waals surface area (Å²) in [5.74, 6) is 1.24. The highest BCUT2D eigenvalue weighted by Crippen LogP contribution is 2.32. The van der Waals surface area contributed by atoms with Gasteiger partial charge < -0.3 is 14.5 Å². The van der Waals surface area contributed by atoms with Crippen molar-refractivity contribution in [2.75, 3.05) is 29.4 Å². The quantitative estimate of drug-likeness (QED) is 0.820. The van der Waals surface area contributed by atoms with E-state index < -0.39 is 0 Å². The first-order valence-corrected chi connectivity index (χ1v) is 9.15. The maximum atomic E-state index is 6.24. The maximum absolute atomic E-state index is 6.24. The molecule has 1 saturated heterocycles. The van der Waals surface area contributed by atoms with E-state index in [0.717, 1.165) is 38.2 Å². The van der Waals surface area contributed by atoms with Crippen molar-refractivity contribution >= 4 is 29.2 Å². The second-order valence-electron chi connectivity index (χ2n) is 6.75. The highest BCUT2D eigenvalue weighted by atomic mass is 35.5. The largest absolute Gasteiger partial charge is 0.372 e.